The van der Waals surface area contributed by atoms with Crippen molar-refractivity contribution in [1.29, 1.82) is 0 Å². The lowest BCUT2D eigenvalue weighted by atomic mass is 9.95. The Balaban J connectivity index is 1.57. The molecule has 4 rings (SSSR count). The van der Waals surface area contributed by atoms with Gasteiger partial charge >= 0.3 is 6.09 Å². The van der Waals surface area contributed by atoms with Crippen LogP contribution >= 0.6 is 0 Å². The van der Waals surface area contributed by atoms with Crippen LogP contribution in [0.1, 0.15) is 57.4 Å². The van der Waals surface area contributed by atoms with Gasteiger partial charge in [-0.1, -0.05) is 12.5 Å². The van der Waals surface area contributed by atoms with Gasteiger partial charge in [-0.15, -0.1) is 0 Å². The van der Waals surface area contributed by atoms with Gasteiger partial charge in [-0.2, -0.15) is 0 Å². The molecule has 1 aromatic carbocycles. The Morgan fingerprint density at radius 1 is 1.18 bits per heavy atom. The average molecular weight is 493 g/mol. The smallest absolute Gasteiger partial charge is 0.414 e. The lowest BCUT2D eigenvalue weighted by molar-refractivity contribution is -0.117. The van der Waals surface area contributed by atoms with Crippen LogP contribution in [0.15, 0.2) is 18.2 Å². The van der Waals surface area contributed by atoms with Gasteiger partial charge in [-0.3, -0.25) is 9.69 Å². The zero-order valence-corrected chi connectivity index (χ0v) is 20.9. The van der Waals surface area contributed by atoms with E-state index in [-0.39, 0.29) is 47.6 Å². The molecule has 0 bridgehead atoms. The van der Waals surface area contributed by atoms with Crippen molar-refractivity contribution in [2.45, 2.75) is 70.1 Å². The second-order valence-corrected chi connectivity index (χ2v) is 12.0. The highest BCUT2D eigenvalue weighted by Crippen LogP contribution is 2.38. The van der Waals surface area contributed by atoms with Crippen molar-refractivity contribution in [3.8, 4) is 0 Å². The SMILES string of the molecule is CC(=O)N1c2ccc(C(CN)CNC3CS(=O)(=O)C3)cc2N(C(=O)OC2CCCCC2)C[C@@H]1C. The molecule has 2 aliphatic heterocycles. The second-order valence-electron chi connectivity index (χ2n) is 9.86. The molecule has 0 aromatic heterocycles. The topological polar surface area (TPSA) is 122 Å². The Morgan fingerprint density at radius 2 is 1.88 bits per heavy atom. The molecular formula is C24H36N4O5S. The normalized spacial score (nSPS) is 23.7. The minimum atomic E-state index is -2.90. The van der Waals surface area contributed by atoms with Crippen LogP contribution in [0.3, 0.4) is 0 Å². The highest BCUT2D eigenvalue weighted by molar-refractivity contribution is 7.92. The summed E-state index contributed by atoms with van der Waals surface area (Å²) in [5.74, 6) is 0.168. The maximum atomic E-state index is 13.2. The zero-order chi connectivity index (χ0) is 24.5. The van der Waals surface area contributed by atoms with Gasteiger partial charge < -0.3 is 20.7 Å². The fourth-order valence-electron chi connectivity index (χ4n) is 5.27. The molecule has 0 spiro atoms. The molecule has 3 N–H and O–H groups in total. The summed E-state index contributed by atoms with van der Waals surface area (Å²) < 4.78 is 28.8. The van der Waals surface area contributed by atoms with Crippen LogP contribution in [0.25, 0.3) is 0 Å². The number of nitrogens with two attached hydrogens (primary N) is 1. The third-order valence-corrected chi connectivity index (χ3v) is 8.96. The average Bonchev–Trinajstić information content (AvgIpc) is 2.78. The number of hydrogen-bond acceptors (Lipinski definition) is 7. The van der Waals surface area contributed by atoms with Gasteiger partial charge in [0, 0.05) is 38.5 Å². The van der Waals surface area contributed by atoms with Crippen LogP contribution in [0.5, 0.6) is 0 Å². The summed E-state index contributed by atoms with van der Waals surface area (Å²) in [5, 5.41) is 3.30. The largest absolute Gasteiger partial charge is 0.446 e. The summed E-state index contributed by atoms with van der Waals surface area (Å²) in [4.78, 5) is 29.0. The van der Waals surface area contributed by atoms with E-state index in [0.717, 1.165) is 31.2 Å². The van der Waals surface area contributed by atoms with Gasteiger partial charge in [0.05, 0.1) is 28.9 Å². The molecule has 2 heterocycles. The van der Waals surface area contributed by atoms with Crippen molar-refractivity contribution < 1.29 is 22.7 Å². The number of hydrogen-bond donors (Lipinski definition) is 2. The number of carbonyl (C=O) groups is 2. The van der Waals surface area contributed by atoms with Gasteiger partial charge in [0.15, 0.2) is 9.84 Å². The summed E-state index contributed by atoms with van der Waals surface area (Å²) in [6.45, 7) is 4.72. The van der Waals surface area contributed by atoms with Crippen molar-refractivity contribution in [3.63, 3.8) is 0 Å². The Labute approximate surface area is 201 Å². The van der Waals surface area contributed by atoms with Crippen molar-refractivity contribution in [1.82, 2.24) is 5.32 Å². The number of carbonyl (C=O) groups excluding carboxylic acids is 2. The van der Waals surface area contributed by atoms with Crippen LogP contribution < -0.4 is 20.9 Å². The number of amides is 2. The van der Waals surface area contributed by atoms with Gasteiger partial charge in [0.2, 0.25) is 5.91 Å². The van der Waals surface area contributed by atoms with E-state index in [2.05, 4.69) is 5.32 Å². The zero-order valence-electron chi connectivity index (χ0n) is 20.0. The number of sulfone groups is 1. The summed E-state index contributed by atoms with van der Waals surface area (Å²) in [6.07, 6.45) is 4.66. The van der Waals surface area contributed by atoms with Crippen LogP contribution in [-0.2, 0) is 19.4 Å². The molecule has 9 nitrogen and oxygen atoms in total. The van der Waals surface area contributed by atoms with Crippen LogP contribution in [0.2, 0.25) is 0 Å². The number of fused-ring (bicyclic) bond motifs is 1. The quantitative estimate of drug-likeness (QED) is 0.624. The Morgan fingerprint density at radius 3 is 2.50 bits per heavy atom. The first kappa shape index (κ1) is 24.9. The molecule has 188 valence electrons. The number of nitrogens with zero attached hydrogens (tertiary/aromatic N) is 2. The molecule has 2 fully saturated rings. The Bertz CT molecular complexity index is 1010. The molecule has 3 aliphatic rings. The molecule has 0 radical (unpaired) electrons. The van der Waals surface area contributed by atoms with Crippen LogP contribution in [0, 0.1) is 0 Å². The van der Waals surface area contributed by atoms with E-state index in [0.29, 0.717) is 31.0 Å². The van der Waals surface area contributed by atoms with E-state index >= 15 is 0 Å². The first-order valence-corrected chi connectivity index (χ1v) is 14.1. The van der Waals surface area contributed by atoms with Gasteiger partial charge in [0.25, 0.3) is 0 Å². The third kappa shape index (κ3) is 5.39. The first-order chi connectivity index (χ1) is 16.2. The van der Waals surface area contributed by atoms with Crippen molar-refractivity contribution in [2.75, 3.05) is 40.9 Å². The number of nitrogens with one attached hydrogen (secondary N) is 1. The highest BCUT2D eigenvalue weighted by Gasteiger charge is 2.36. The number of rotatable bonds is 6. The summed E-state index contributed by atoms with van der Waals surface area (Å²) >= 11 is 0. The van der Waals surface area contributed by atoms with E-state index in [4.69, 9.17) is 10.5 Å². The number of ether oxygens (including phenoxy) is 1. The van der Waals surface area contributed by atoms with Gasteiger partial charge in [-0.25, -0.2) is 13.2 Å². The summed E-state index contributed by atoms with van der Waals surface area (Å²) in [5.41, 5.74) is 8.34. The molecule has 1 saturated carbocycles. The third-order valence-electron chi connectivity index (χ3n) is 7.14. The predicted molar refractivity (Wildman–Crippen MR) is 132 cm³/mol. The highest BCUT2D eigenvalue weighted by atomic mass is 32.2. The molecule has 1 unspecified atom stereocenters. The van der Waals surface area contributed by atoms with E-state index < -0.39 is 9.84 Å². The van der Waals surface area contributed by atoms with E-state index in [9.17, 15) is 18.0 Å². The maximum absolute atomic E-state index is 13.2. The lowest BCUT2D eigenvalue weighted by Crippen LogP contribution is -2.52. The van der Waals surface area contributed by atoms with E-state index in [1.807, 2.05) is 25.1 Å². The number of anilines is 2. The molecule has 2 amide bonds. The van der Waals surface area contributed by atoms with Crippen molar-refractivity contribution in [3.05, 3.63) is 23.8 Å². The lowest BCUT2D eigenvalue weighted by Gasteiger charge is -2.41. The first-order valence-electron chi connectivity index (χ1n) is 12.2. The Kier molecular flexibility index (Phi) is 7.49. The molecular weight excluding hydrogens is 456 g/mol. The van der Waals surface area contributed by atoms with E-state index in [1.54, 1.807) is 9.80 Å². The minimum absolute atomic E-state index is 0.0484. The molecule has 10 heteroatoms. The van der Waals surface area contributed by atoms with Crippen LogP contribution in [0.4, 0.5) is 16.2 Å². The minimum Gasteiger partial charge on any atom is -0.446 e. The monoisotopic (exact) mass is 492 g/mol. The van der Waals surface area contributed by atoms with Gasteiger partial charge in [-0.05, 0) is 50.3 Å². The standard InChI is InChI=1S/C24H36N4O5S/c1-16-13-27(24(30)33-21-6-4-3-5-7-21)23-10-18(8-9-22(23)28(16)17(2)29)19(11-25)12-26-20-14-34(31,32)15-20/h8-10,16,19-21,26H,3-7,11-15,25H2,1-2H3/t16-,19?/m0/s1. The van der Waals surface area contributed by atoms with Crippen LogP contribution in [-0.4, -0.2) is 69.7 Å². The molecule has 1 aliphatic carbocycles. The van der Waals surface area contributed by atoms with Gasteiger partial charge in [0.1, 0.15) is 6.10 Å². The molecule has 1 aromatic rings. The van der Waals surface area contributed by atoms with Crippen molar-refractivity contribution in [2.24, 2.45) is 5.73 Å². The fourth-order valence-corrected chi connectivity index (χ4v) is 6.63. The van der Waals surface area contributed by atoms with Crippen molar-refractivity contribution >= 4 is 33.2 Å². The van der Waals surface area contributed by atoms with E-state index in [1.165, 1.54) is 13.3 Å². The maximum Gasteiger partial charge on any atom is 0.414 e. The molecule has 2 atom stereocenters. The predicted octanol–water partition coefficient (Wildman–Crippen LogP) is 2.15. The number of benzene rings is 1. The fraction of sp³-hybridized carbons (Fsp3) is 0.667. The summed E-state index contributed by atoms with van der Waals surface area (Å²) in [6, 6.07) is 5.51. The second kappa shape index (κ2) is 10.2. The Hall–Kier alpha value is -2.17. The molecule has 34 heavy (non-hydrogen) atoms. The summed E-state index contributed by atoms with van der Waals surface area (Å²) in [7, 11) is -2.90. The molecule has 1 saturated heterocycles.